The second-order valence-electron chi connectivity index (χ2n) is 10.6. The van der Waals surface area contributed by atoms with E-state index in [9.17, 15) is 9.35 Å². The number of carbonyl (C=O) groups is 1. The Morgan fingerprint density at radius 2 is 1.89 bits per heavy atom. The molecule has 0 saturated heterocycles. The average molecular weight is 548 g/mol. The molecular formula is C29H41NO5S2. The first-order valence-corrected chi connectivity index (χ1v) is 15.5. The Kier molecular flexibility index (Phi) is 10.1. The topological polar surface area (TPSA) is 71.1 Å². The zero-order valence-corrected chi connectivity index (χ0v) is 24.9. The Balaban J connectivity index is 2.06. The molecule has 0 fully saturated rings. The van der Waals surface area contributed by atoms with Crippen LogP contribution in [0.25, 0.3) is 0 Å². The summed E-state index contributed by atoms with van der Waals surface area (Å²) in [6.07, 6.45) is 6.13. The summed E-state index contributed by atoms with van der Waals surface area (Å²) in [5.74, 6) is 1.51. The van der Waals surface area contributed by atoms with Crippen LogP contribution >= 0.6 is 11.8 Å². The van der Waals surface area contributed by atoms with Gasteiger partial charge in [-0.05, 0) is 81.4 Å². The van der Waals surface area contributed by atoms with Gasteiger partial charge in [-0.1, -0.05) is 26.7 Å². The highest BCUT2D eigenvalue weighted by Gasteiger charge is 2.42. The van der Waals surface area contributed by atoms with Crippen LogP contribution < -0.4 is 14.4 Å². The largest absolute Gasteiger partial charge is 0.611 e. The fourth-order valence-corrected chi connectivity index (χ4v) is 6.95. The maximum absolute atomic E-state index is 13.9. The number of ether oxygens (including phenoxy) is 3. The number of anilines is 2. The standard InChI is InChI=1S/C29H41NO5S2/c1-8-10-15-29(9-2)19-30(21-11-13-22(33-6)14-12-21)23-16-25(36-7)24(17-26(23)37(32)20-29)34-18-27(31)35-28(3,4)5/h11-14,16-17H,8-10,15,18-20H2,1-7H3. The van der Waals surface area contributed by atoms with E-state index in [0.717, 1.165) is 59.1 Å². The van der Waals surface area contributed by atoms with Crippen molar-refractivity contribution >= 4 is 40.3 Å². The number of unbranched alkanes of at least 4 members (excludes halogenated alkanes) is 1. The van der Waals surface area contributed by atoms with Crippen molar-refractivity contribution in [2.24, 2.45) is 5.41 Å². The molecule has 0 bridgehead atoms. The Labute approximate surface area is 229 Å². The van der Waals surface area contributed by atoms with E-state index < -0.39 is 22.7 Å². The van der Waals surface area contributed by atoms with E-state index in [2.05, 4.69) is 36.9 Å². The van der Waals surface area contributed by atoms with E-state index in [4.69, 9.17) is 14.2 Å². The Bertz CT molecular complexity index is 1050. The molecule has 37 heavy (non-hydrogen) atoms. The van der Waals surface area contributed by atoms with Gasteiger partial charge in [-0.15, -0.1) is 11.8 Å². The number of thioether (sulfide) groups is 1. The lowest BCUT2D eigenvalue weighted by Crippen LogP contribution is -2.37. The fourth-order valence-electron chi connectivity index (χ4n) is 4.61. The van der Waals surface area contributed by atoms with Gasteiger partial charge in [-0.25, -0.2) is 4.79 Å². The molecule has 2 aromatic carbocycles. The Hall–Kier alpha value is -2.03. The molecule has 6 nitrogen and oxygen atoms in total. The second-order valence-corrected chi connectivity index (χ2v) is 12.8. The number of nitrogens with zero attached hydrogens (tertiary/aromatic N) is 1. The number of hydrogen-bond donors (Lipinski definition) is 0. The average Bonchev–Trinajstić information content (AvgIpc) is 2.99. The molecule has 204 valence electrons. The number of carbonyl (C=O) groups excluding carboxylic acids is 1. The zero-order chi connectivity index (χ0) is 27.2. The molecule has 3 rings (SSSR count). The van der Waals surface area contributed by atoms with Crippen molar-refractivity contribution in [1.82, 2.24) is 0 Å². The third kappa shape index (κ3) is 7.52. The highest BCUT2D eigenvalue weighted by atomic mass is 32.2. The summed E-state index contributed by atoms with van der Waals surface area (Å²) in [4.78, 5) is 16.2. The summed E-state index contributed by atoms with van der Waals surface area (Å²) in [6, 6.07) is 12.0. The molecule has 2 unspecified atom stereocenters. The summed E-state index contributed by atoms with van der Waals surface area (Å²) >= 11 is 0.313. The molecule has 0 amide bonds. The van der Waals surface area contributed by atoms with Crippen LogP contribution in [-0.2, 0) is 20.7 Å². The molecule has 0 N–H and O–H groups in total. The number of esters is 1. The molecule has 2 atom stereocenters. The van der Waals surface area contributed by atoms with Gasteiger partial charge in [0.1, 0.15) is 22.9 Å². The maximum Gasteiger partial charge on any atom is 0.344 e. The first-order chi connectivity index (χ1) is 17.5. The molecule has 1 aliphatic rings. The van der Waals surface area contributed by atoms with Crippen molar-refractivity contribution in [1.29, 1.82) is 0 Å². The van der Waals surface area contributed by atoms with Gasteiger partial charge in [-0.2, -0.15) is 0 Å². The van der Waals surface area contributed by atoms with Crippen molar-refractivity contribution in [2.45, 2.75) is 75.7 Å². The van der Waals surface area contributed by atoms with Gasteiger partial charge < -0.3 is 23.7 Å². The number of hydrogen-bond acceptors (Lipinski definition) is 7. The van der Waals surface area contributed by atoms with E-state index in [0.29, 0.717) is 11.5 Å². The van der Waals surface area contributed by atoms with Crippen LogP contribution in [0.15, 0.2) is 46.2 Å². The monoisotopic (exact) mass is 547 g/mol. The SMILES string of the molecule is CCCCC1(CC)CN(c2ccc(OC)cc2)c2cc(SC)c(OCC(=O)OC(C)(C)C)cc2[S+]([O-])C1. The van der Waals surface area contributed by atoms with Crippen molar-refractivity contribution < 1.29 is 23.6 Å². The van der Waals surface area contributed by atoms with E-state index in [1.54, 1.807) is 18.9 Å². The molecule has 0 saturated carbocycles. The van der Waals surface area contributed by atoms with E-state index >= 15 is 0 Å². The molecule has 2 aromatic rings. The minimum absolute atomic E-state index is 0.0864. The van der Waals surface area contributed by atoms with Crippen LogP contribution in [0.5, 0.6) is 11.5 Å². The van der Waals surface area contributed by atoms with Gasteiger partial charge in [0, 0.05) is 23.7 Å². The molecule has 0 aliphatic carbocycles. The van der Waals surface area contributed by atoms with Crippen LogP contribution in [0.3, 0.4) is 0 Å². The Morgan fingerprint density at radius 1 is 1.19 bits per heavy atom. The first kappa shape index (κ1) is 29.5. The van der Waals surface area contributed by atoms with Crippen LogP contribution in [0.2, 0.25) is 0 Å². The predicted octanol–water partition coefficient (Wildman–Crippen LogP) is 6.98. The molecular weight excluding hydrogens is 506 g/mol. The predicted molar refractivity (Wildman–Crippen MR) is 153 cm³/mol. The van der Waals surface area contributed by atoms with Gasteiger partial charge >= 0.3 is 5.97 Å². The number of fused-ring (bicyclic) bond motifs is 1. The van der Waals surface area contributed by atoms with E-state index in [1.165, 1.54) is 0 Å². The number of methoxy groups -OCH3 is 1. The number of benzene rings is 2. The molecule has 0 spiro atoms. The summed E-state index contributed by atoms with van der Waals surface area (Å²) in [6.45, 7) is 10.5. The van der Waals surface area contributed by atoms with Crippen LogP contribution in [-0.4, -0.2) is 48.4 Å². The summed E-state index contributed by atoms with van der Waals surface area (Å²) in [7, 11) is 1.66. The molecule has 0 radical (unpaired) electrons. The molecule has 1 heterocycles. The first-order valence-electron chi connectivity index (χ1n) is 12.9. The zero-order valence-electron chi connectivity index (χ0n) is 23.2. The lowest BCUT2D eigenvalue weighted by molar-refractivity contribution is -0.157. The van der Waals surface area contributed by atoms with E-state index in [-0.39, 0.29) is 12.0 Å². The van der Waals surface area contributed by atoms with Crippen LogP contribution in [0, 0.1) is 5.41 Å². The van der Waals surface area contributed by atoms with Crippen molar-refractivity contribution in [3.63, 3.8) is 0 Å². The van der Waals surface area contributed by atoms with Crippen molar-refractivity contribution in [3.05, 3.63) is 36.4 Å². The highest BCUT2D eigenvalue weighted by molar-refractivity contribution is 7.98. The fraction of sp³-hybridized carbons (Fsp3) is 0.552. The lowest BCUT2D eigenvalue weighted by atomic mass is 9.81. The quantitative estimate of drug-likeness (QED) is 0.180. The third-order valence-electron chi connectivity index (χ3n) is 6.67. The molecule has 8 heteroatoms. The van der Waals surface area contributed by atoms with Crippen molar-refractivity contribution in [2.75, 3.05) is 37.2 Å². The normalized spacial score (nSPS) is 19.7. The third-order valence-corrected chi connectivity index (χ3v) is 9.12. The molecule has 0 aromatic heterocycles. The molecule has 1 aliphatic heterocycles. The van der Waals surface area contributed by atoms with Crippen LogP contribution in [0.4, 0.5) is 11.4 Å². The second kappa shape index (κ2) is 12.7. The van der Waals surface area contributed by atoms with E-state index in [1.807, 2.05) is 45.2 Å². The lowest BCUT2D eigenvalue weighted by Gasteiger charge is -2.35. The number of rotatable bonds is 10. The van der Waals surface area contributed by atoms with Gasteiger partial charge in [0.25, 0.3) is 0 Å². The van der Waals surface area contributed by atoms with Gasteiger partial charge in [0.05, 0.1) is 17.7 Å². The summed E-state index contributed by atoms with van der Waals surface area (Å²) < 4.78 is 30.6. The van der Waals surface area contributed by atoms with Gasteiger partial charge in [-0.3, -0.25) is 0 Å². The van der Waals surface area contributed by atoms with Crippen molar-refractivity contribution in [3.8, 4) is 11.5 Å². The van der Waals surface area contributed by atoms with Gasteiger partial charge in [0.15, 0.2) is 11.5 Å². The summed E-state index contributed by atoms with van der Waals surface area (Å²) in [5, 5.41) is 0. The minimum Gasteiger partial charge on any atom is -0.611 e. The summed E-state index contributed by atoms with van der Waals surface area (Å²) in [5.41, 5.74) is 1.28. The van der Waals surface area contributed by atoms with Gasteiger partial charge in [0.2, 0.25) is 0 Å². The maximum atomic E-state index is 13.9. The van der Waals surface area contributed by atoms with Crippen LogP contribution in [0.1, 0.15) is 60.3 Å². The highest BCUT2D eigenvalue weighted by Crippen LogP contribution is 2.47. The smallest absolute Gasteiger partial charge is 0.344 e. The minimum atomic E-state index is -1.23. The Morgan fingerprint density at radius 3 is 2.46 bits per heavy atom.